The number of amides is 1. The molecule has 1 saturated heterocycles. The molecule has 32 heavy (non-hydrogen) atoms. The maximum atomic E-state index is 13.3. The van der Waals surface area contributed by atoms with Crippen molar-refractivity contribution in [3.8, 4) is 0 Å². The standard InChI is InChI=1S/C22H34N3O3SSi2.HI/c1-30(2,3)23-18-20(26)25-19(22(27)28-31(4,5)6)16(14-29-21(18)25)13-24-12-8-10-15-9-7-11-17(15)24;/h8,10,12,18,21,23H,7,9,11,13-14H2,1-6H3;1H/q+1;/p-1/t18-,21-;/m1./s1. The summed E-state index contributed by atoms with van der Waals surface area (Å²) >= 11 is 1.76. The fourth-order valence-electron chi connectivity index (χ4n) is 4.55. The van der Waals surface area contributed by atoms with E-state index >= 15 is 0 Å². The number of fused-ring (bicyclic) bond motifs is 2. The number of carbonyl (C=O) groups is 2. The Bertz CT molecular complexity index is 959. The van der Waals surface area contributed by atoms with Crippen LogP contribution in [0.1, 0.15) is 17.7 Å². The van der Waals surface area contributed by atoms with E-state index in [1.54, 1.807) is 16.7 Å². The third-order valence-corrected chi connectivity index (χ3v) is 9.04. The molecular formula is C22H34IN3O3SSi2. The van der Waals surface area contributed by atoms with Gasteiger partial charge in [-0.2, -0.15) is 4.57 Å². The monoisotopic (exact) mass is 603 g/mol. The Hall–Kier alpha value is -0.696. The van der Waals surface area contributed by atoms with Crippen molar-refractivity contribution in [3.63, 3.8) is 0 Å². The highest BCUT2D eigenvalue weighted by Gasteiger charge is 2.55. The van der Waals surface area contributed by atoms with Crippen LogP contribution in [0.4, 0.5) is 0 Å². The van der Waals surface area contributed by atoms with Gasteiger partial charge in [0.05, 0.1) is 0 Å². The highest BCUT2D eigenvalue weighted by Crippen LogP contribution is 2.41. The van der Waals surface area contributed by atoms with Crippen LogP contribution < -0.4 is 33.5 Å². The molecule has 0 radical (unpaired) electrons. The summed E-state index contributed by atoms with van der Waals surface area (Å²) in [4.78, 5) is 31.8. The van der Waals surface area contributed by atoms with E-state index in [1.807, 2.05) is 19.6 Å². The molecule has 6 nitrogen and oxygen atoms in total. The predicted octanol–water partition coefficient (Wildman–Crippen LogP) is -0.193. The minimum atomic E-state index is -2.09. The van der Waals surface area contributed by atoms with E-state index in [2.05, 4.69) is 47.5 Å². The molecule has 1 fully saturated rings. The van der Waals surface area contributed by atoms with Gasteiger partial charge in [0.25, 0.3) is 0 Å². The molecule has 2 atom stereocenters. The molecule has 0 aromatic carbocycles. The van der Waals surface area contributed by atoms with Gasteiger partial charge in [0, 0.05) is 29.4 Å². The smallest absolute Gasteiger partial charge is 0.341 e. The molecule has 1 N–H and O–H groups in total. The highest BCUT2D eigenvalue weighted by molar-refractivity contribution is 8.00. The van der Waals surface area contributed by atoms with Crippen LogP contribution in [-0.4, -0.2) is 50.5 Å². The predicted molar refractivity (Wildman–Crippen MR) is 128 cm³/mol. The van der Waals surface area contributed by atoms with Crippen molar-refractivity contribution in [2.24, 2.45) is 0 Å². The fourth-order valence-corrected chi connectivity index (χ4v) is 7.87. The Labute approximate surface area is 214 Å². The first kappa shape index (κ1) is 25.9. The molecule has 3 heterocycles. The summed E-state index contributed by atoms with van der Waals surface area (Å²) in [6, 6.07) is 4.08. The summed E-state index contributed by atoms with van der Waals surface area (Å²) in [6.07, 6.45) is 5.46. The van der Waals surface area contributed by atoms with Crippen molar-refractivity contribution >= 4 is 40.2 Å². The number of nitrogens with one attached hydrogen (secondary N) is 1. The van der Waals surface area contributed by atoms with Gasteiger partial charge in [0.15, 0.2) is 18.4 Å². The van der Waals surface area contributed by atoms with Crippen LogP contribution in [0.3, 0.4) is 0 Å². The number of hydrogen-bond donors (Lipinski definition) is 1. The topological polar surface area (TPSA) is 62.5 Å². The zero-order chi connectivity index (χ0) is 22.6. The summed E-state index contributed by atoms with van der Waals surface area (Å²) in [7, 11) is -3.72. The van der Waals surface area contributed by atoms with E-state index in [4.69, 9.17) is 4.43 Å². The lowest BCUT2D eigenvalue weighted by Crippen LogP contribution is -3.00. The normalized spacial score (nSPS) is 22.7. The minimum absolute atomic E-state index is 0. The van der Waals surface area contributed by atoms with Crippen LogP contribution in [0.25, 0.3) is 0 Å². The fraction of sp³-hybridized carbons (Fsp3) is 0.591. The van der Waals surface area contributed by atoms with Crippen molar-refractivity contribution < 1.29 is 42.6 Å². The number of thioether (sulfide) groups is 1. The van der Waals surface area contributed by atoms with E-state index in [0.29, 0.717) is 12.2 Å². The van der Waals surface area contributed by atoms with Gasteiger partial charge < -0.3 is 33.4 Å². The Morgan fingerprint density at radius 1 is 1.25 bits per heavy atom. The summed E-state index contributed by atoms with van der Waals surface area (Å²) < 4.78 is 8.16. The summed E-state index contributed by atoms with van der Waals surface area (Å²) in [5.41, 5.74) is 4.24. The van der Waals surface area contributed by atoms with Crippen LogP contribution in [-0.2, 0) is 33.4 Å². The number of pyridine rings is 1. The summed E-state index contributed by atoms with van der Waals surface area (Å²) in [6.45, 7) is 13.3. The average Bonchev–Trinajstić information content (AvgIpc) is 3.13. The van der Waals surface area contributed by atoms with Gasteiger partial charge in [-0.15, -0.1) is 11.8 Å². The highest BCUT2D eigenvalue weighted by atomic mass is 127. The van der Waals surface area contributed by atoms with Gasteiger partial charge in [0.1, 0.15) is 25.3 Å². The van der Waals surface area contributed by atoms with Crippen LogP contribution >= 0.6 is 11.8 Å². The SMILES string of the molecule is C[Si](C)(C)N[C@@H]1C(=O)N2C(C(=O)O[Si](C)(C)C)=C(C[n+]3cccc4c3CCC4)CS[C@H]12.[I-]. The van der Waals surface area contributed by atoms with Gasteiger partial charge in [0.2, 0.25) is 14.2 Å². The summed E-state index contributed by atoms with van der Waals surface area (Å²) in [5, 5.41) is -0.0290. The van der Waals surface area contributed by atoms with Crippen LogP contribution in [0.15, 0.2) is 29.6 Å². The van der Waals surface area contributed by atoms with Crippen molar-refractivity contribution in [2.75, 3.05) is 5.75 Å². The quantitative estimate of drug-likeness (QED) is 0.212. The Balaban J connectivity index is 0.00000289. The van der Waals surface area contributed by atoms with Crippen molar-refractivity contribution in [1.82, 2.24) is 9.88 Å². The molecule has 1 amide bonds. The molecule has 1 aliphatic carbocycles. The van der Waals surface area contributed by atoms with Crippen LogP contribution in [0, 0.1) is 0 Å². The van der Waals surface area contributed by atoms with E-state index in [-0.39, 0.29) is 47.3 Å². The zero-order valence-electron chi connectivity index (χ0n) is 19.8. The first-order chi connectivity index (χ1) is 14.4. The van der Waals surface area contributed by atoms with Gasteiger partial charge in [-0.25, -0.2) is 4.79 Å². The average molecular weight is 604 g/mol. The van der Waals surface area contributed by atoms with Gasteiger partial charge in [-0.05, 0) is 38.5 Å². The van der Waals surface area contributed by atoms with Gasteiger partial charge >= 0.3 is 5.97 Å². The molecule has 1 aromatic heterocycles. The molecule has 176 valence electrons. The van der Waals surface area contributed by atoms with Crippen molar-refractivity contribution in [1.29, 1.82) is 0 Å². The van der Waals surface area contributed by atoms with E-state index in [1.165, 1.54) is 17.7 Å². The van der Waals surface area contributed by atoms with E-state index in [9.17, 15) is 9.59 Å². The number of carbonyl (C=O) groups excluding carboxylic acids is 2. The first-order valence-electron chi connectivity index (χ1n) is 11.1. The molecule has 0 saturated carbocycles. The number of halogens is 1. The molecule has 4 rings (SSSR count). The van der Waals surface area contributed by atoms with Gasteiger partial charge in [-0.3, -0.25) is 9.69 Å². The van der Waals surface area contributed by atoms with Crippen molar-refractivity contribution in [2.45, 2.75) is 76.5 Å². The number of rotatable bonds is 6. The zero-order valence-corrected chi connectivity index (χ0v) is 24.8. The Morgan fingerprint density at radius 2 is 1.97 bits per heavy atom. The molecule has 10 heteroatoms. The third kappa shape index (κ3) is 5.34. The summed E-state index contributed by atoms with van der Waals surface area (Å²) in [5.74, 6) is 0.417. The molecule has 0 spiro atoms. The molecule has 3 aliphatic rings. The van der Waals surface area contributed by atoms with Gasteiger partial charge in [-0.1, -0.05) is 19.6 Å². The van der Waals surface area contributed by atoms with Crippen LogP contribution in [0.5, 0.6) is 0 Å². The Kier molecular flexibility index (Phi) is 7.70. The number of aryl methyl sites for hydroxylation is 1. The Morgan fingerprint density at radius 3 is 2.62 bits per heavy atom. The largest absolute Gasteiger partial charge is 1.00 e. The second-order valence-electron chi connectivity index (χ2n) is 10.7. The van der Waals surface area contributed by atoms with Crippen molar-refractivity contribution in [3.05, 3.63) is 40.9 Å². The van der Waals surface area contributed by atoms with Crippen LogP contribution in [0.2, 0.25) is 39.3 Å². The molecule has 2 aliphatic heterocycles. The number of hydrogen-bond acceptors (Lipinski definition) is 5. The lowest BCUT2D eigenvalue weighted by atomic mass is 10.0. The second kappa shape index (κ2) is 9.51. The molecule has 0 unspecified atom stereocenters. The minimum Gasteiger partial charge on any atom is -1.00 e. The molecular weight excluding hydrogens is 569 g/mol. The first-order valence-corrected chi connectivity index (χ1v) is 19.1. The molecule has 0 bridgehead atoms. The van der Waals surface area contributed by atoms with E-state index in [0.717, 1.165) is 24.2 Å². The lowest BCUT2D eigenvalue weighted by Gasteiger charge is -2.51. The number of aromatic nitrogens is 1. The maximum Gasteiger partial charge on any atom is 0.341 e. The van der Waals surface area contributed by atoms with E-state index < -0.39 is 16.6 Å². The molecule has 1 aromatic rings. The number of nitrogens with zero attached hydrogens (tertiary/aromatic N) is 2. The number of β-lactam (4-membered cyclic amide) rings is 1. The maximum absolute atomic E-state index is 13.3. The lowest BCUT2D eigenvalue weighted by molar-refractivity contribution is -0.696. The third-order valence-electron chi connectivity index (χ3n) is 5.73. The second-order valence-corrected chi connectivity index (χ2v) is 21.0.